The summed E-state index contributed by atoms with van der Waals surface area (Å²) in [6.07, 6.45) is 3.85. The Bertz CT molecular complexity index is 984. The number of hydrogen-bond donors (Lipinski definition) is 0. The molecule has 3 aliphatic heterocycles. The van der Waals surface area contributed by atoms with E-state index in [1.165, 1.54) is 0 Å². The second-order valence-corrected chi connectivity index (χ2v) is 11.8. The lowest BCUT2D eigenvalue weighted by molar-refractivity contribution is -0.0167. The van der Waals surface area contributed by atoms with Crippen LogP contribution >= 0.6 is 0 Å². The van der Waals surface area contributed by atoms with Crippen LogP contribution in [0.1, 0.15) is 68.4 Å². The van der Waals surface area contributed by atoms with Crippen LogP contribution in [-0.2, 0) is 14.2 Å². The fourth-order valence-electron chi connectivity index (χ4n) is 5.53. The number of likely N-dealkylation sites (tertiary alicyclic amines) is 2. The predicted molar refractivity (Wildman–Crippen MR) is 132 cm³/mol. The maximum absolute atomic E-state index is 13.7. The number of amides is 2. The Morgan fingerprint density at radius 3 is 2.42 bits per heavy atom. The number of aromatic nitrogens is 1. The number of methoxy groups -OCH3 is 1. The molecule has 2 amide bonds. The molecule has 1 saturated carbocycles. The highest BCUT2D eigenvalue weighted by Crippen LogP contribution is 2.41. The van der Waals surface area contributed by atoms with Gasteiger partial charge in [0.05, 0.1) is 19.7 Å². The van der Waals surface area contributed by atoms with E-state index >= 15 is 0 Å². The van der Waals surface area contributed by atoms with Crippen molar-refractivity contribution < 1.29 is 28.5 Å². The molecule has 3 saturated heterocycles. The number of hydrogen-bond acceptors (Lipinski definition) is 7. The van der Waals surface area contributed by atoms with Gasteiger partial charge in [0, 0.05) is 62.6 Å². The molecule has 1 aromatic rings. The highest BCUT2D eigenvalue weighted by molar-refractivity contribution is 5.95. The number of rotatable bonds is 6. The van der Waals surface area contributed by atoms with Gasteiger partial charge in [0.1, 0.15) is 11.2 Å². The van der Waals surface area contributed by atoms with E-state index < -0.39 is 11.2 Å². The first-order valence-electron chi connectivity index (χ1n) is 13.2. The lowest BCUT2D eigenvalue weighted by Crippen LogP contribution is -2.45. The Balaban J connectivity index is 1.27. The zero-order chi connectivity index (χ0) is 25.5. The Morgan fingerprint density at radius 2 is 1.78 bits per heavy atom. The molecule has 2 atom stereocenters. The van der Waals surface area contributed by atoms with E-state index in [0.29, 0.717) is 56.1 Å². The SMILES string of the molecule is CO[C@@]12CN(C(=O)OC(C)(C)C)C[C@H]1CN(C(=O)c1cc(OCC3CCOCC3)nc(C3CC3)c1)C2. The van der Waals surface area contributed by atoms with Gasteiger partial charge in [-0.3, -0.25) is 4.79 Å². The van der Waals surface area contributed by atoms with Crippen molar-refractivity contribution in [3.63, 3.8) is 0 Å². The van der Waals surface area contributed by atoms with E-state index in [2.05, 4.69) is 0 Å². The smallest absolute Gasteiger partial charge is 0.410 e. The average molecular weight is 502 g/mol. The normalized spacial score (nSPS) is 26.7. The number of pyridine rings is 1. The summed E-state index contributed by atoms with van der Waals surface area (Å²) in [7, 11) is 1.67. The second kappa shape index (κ2) is 9.82. The van der Waals surface area contributed by atoms with Crippen LogP contribution in [0.25, 0.3) is 0 Å². The fourth-order valence-corrected chi connectivity index (χ4v) is 5.53. The van der Waals surface area contributed by atoms with Crippen molar-refractivity contribution in [3.8, 4) is 5.88 Å². The maximum Gasteiger partial charge on any atom is 0.410 e. The molecule has 36 heavy (non-hydrogen) atoms. The quantitative estimate of drug-likeness (QED) is 0.590. The van der Waals surface area contributed by atoms with Crippen LogP contribution in [0.4, 0.5) is 4.79 Å². The number of ether oxygens (including phenoxy) is 4. The molecule has 1 aliphatic carbocycles. The highest BCUT2D eigenvalue weighted by Gasteiger charge is 2.55. The van der Waals surface area contributed by atoms with Crippen molar-refractivity contribution in [2.45, 2.75) is 63.6 Å². The predicted octanol–water partition coefficient (Wildman–Crippen LogP) is 3.47. The number of nitrogens with zero attached hydrogens (tertiary/aromatic N) is 3. The van der Waals surface area contributed by atoms with Crippen molar-refractivity contribution in [3.05, 3.63) is 23.4 Å². The summed E-state index contributed by atoms with van der Waals surface area (Å²) in [5, 5.41) is 0. The molecule has 0 spiro atoms. The van der Waals surface area contributed by atoms with Gasteiger partial charge >= 0.3 is 6.09 Å². The van der Waals surface area contributed by atoms with Gasteiger partial charge in [-0.15, -0.1) is 0 Å². The van der Waals surface area contributed by atoms with Gasteiger partial charge in [0.15, 0.2) is 0 Å². The molecule has 4 heterocycles. The Kier molecular flexibility index (Phi) is 6.89. The van der Waals surface area contributed by atoms with Crippen LogP contribution in [0.2, 0.25) is 0 Å². The standard InChI is InChI=1S/C27H39N3O6/c1-26(2,3)36-25(32)30-14-21-13-29(16-27(21,17-30)33-4)24(31)20-11-22(19-5-6-19)28-23(12-20)35-15-18-7-9-34-10-8-18/h11-12,18-19,21H,5-10,13-17H2,1-4H3/t21-,27+/m1/s1. The van der Waals surface area contributed by atoms with E-state index in [9.17, 15) is 9.59 Å². The molecule has 0 N–H and O–H groups in total. The van der Waals surface area contributed by atoms with E-state index in [1.54, 1.807) is 18.1 Å². The van der Waals surface area contributed by atoms with Gasteiger partial charge in [0.25, 0.3) is 5.91 Å². The molecule has 9 nitrogen and oxygen atoms in total. The molecule has 0 unspecified atom stereocenters. The maximum atomic E-state index is 13.7. The summed E-state index contributed by atoms with van der Waals surface area (Å²) in [6, 6.07) is 3.72. The summed E-state index contributed by atoms with van der Waals surface area (Å²) in [6.45, 7) is 9.62. The van der Waals surface area contributed by atoms with Gasteiger partial charge in [-0.25, -0.2) is 9.78 Å². The third kappa shape index (κ3) is 5.47. The van der Waals surface area contributed by atoms with Crippen LogP contribution in [0.15, 0.2) is 12.1 Å². The van der Waals surface area contributed by atoms with Crippen LogP contribution < -0.4 is 4.74 Å². The Hall–Kier alpha value is -2.39. The first kappa shape index (κ1) is 25.3. The number of fused-ring (bicyclic) bond motifs is 1. The van der Waals surface area contributed by atoms with E-state index in [4.69, 9.17) is 23.9 Å². The molecule has 0 bridgehead atoms. The minimum absolute atomic E-state index is 0.0351. The van der Waals surface area contributed by atoms with E-state index in [1.807, 2.05) is 31.7 Å². The molecule has 4 fully saturated rings. The van der Waals surface area contributed by atoms with Crippen LogP contribution in [-0.4, -0.2) is 91.1 Å². The lowest BCUT2D eigenvalue weighted by atomic mass is 9.95. The van der Waals surface area contributed by atoms with Gasteiger partial charge in [0.2, 0.25) is 5.88 Å². The number of carbonyl (C=O) groups is 2. The van der Waals surface area contributed by atoms with Crippen LogP contribution in [0.5, 0.6) is 5.88 Å². The molecular weight excluding hydrogens is 462 g/mol. The molecule has 0 aromatic carbocycles. The zero-order valence-corrected chi connectivity index (χ0v) is 22.0. The molecule has 5 rings (SSSR count). The topological polar surface area (TPSA) is 90.4 Å². The zero-order valence-electron chi connectivity index (χ0n) is 22.0. The molecule has 4 aliphatic rings. The summed E-state index contributed by atoms with van der Waals surface area (Å²) in [4.78, 5) is 34.6. The summed E-state index contributed by atoms with van der Waals surface area (Å²) >= 11 is 0. The van der Waals surface area contributed by atoms with Crippen molar-refractivity contribution >= 4 is 12.0 Å². The van der Waals surface area contributed by atoms with Gasteiger partial charge in [-0.2, -0.15) is 0 Å². The number of carbonyl (C=O) groups excluding carboxylic acids is 2. The lowest BCUT2D eigenvalue weighted by Gasteiger charge is -2.29. The first-order valence-corrected chi connectivity index (χ1v) is 13.2. The van der Waals surface area contributed by atoms with Gasteiger partial charge in [-0.1, -0.05) is 0 Å². The second-order valence-electron chi connectivity index (χ2n) is 11.8. The van der Waals surface area contributed by atoms with Gasteiger partial charge < -0.3 is 28.7 Å². The van der Waals surface area contributed by atoms with Crippen molar-refractivity contribution in [1.82, 2.24) is 14.8 Å². The Labute approximate surface area is 213 Å². The Morgan fingerprint density at radius 1 is 1.08 bits per heavy atom. The summed E-state index contributed by atoms with van der Waals surface area (Å²) < 4.78 is 23.1. The highest BCUT2D eigenvalue weighted by atomic mass is 16.6. The minimum atomic E-state index is -0.582. The molecule has 1 aromatic heterocycles. The van der Waals surface area contributed by atoms with Crippen LogP contribution in [0, 0.1) is 11.8 Å². The largest absolute Gasteiger partial charge is 0.477 e. The van der Waals surface area contributed by atoms with Crippen molar-refractivity contribution in [1.29, 1.82) is 0 Å². The van der Waals surface area contributed by atoms with Gasteiger partial charge in [-0.05, 0) is 58.4 Å². The van der Waals surface area contributed by atoms with E-state index in [-0.39, 0.29) is 17.9 Å². The van der Waals surface area contributed by atoms with E-state index in [0.717, 1.165) is 44.6 Å². The third-order valence-corrected chi connectivity index (χ3v) is 7.76. The monoisotopic (exact) mass is 501 g/mol. The minimum Gasteiger partial charge on any atom is -0.477 e. The molecule has 9 heteroatoms. The first-order chi connectivity index (χ1) is 17.2. The molecule has 0 radical (unpaired) electrons. The molecule has 198 valence electrons. The summed E-state index contributed by atoms with van der Waals surface area (Å²) in [5.41, 5.74) is 0.424. The average Bonchev–Trinajstić information content (AvgIpc) is 3.55. The van der Waals surface area contributed by atoms with Crippen molar-refractivity contribution in [2.75, 3.05) is 53.1 Å². The summed E-state index contributed by atoms with van der Waals surface area (Å²) in [5.74, 6) is 1.40. The molecular formula is C27H39N3O6. The third-order valence-electron chi connectivity index (χ3n) is 7.76. The van der Waals surface area contributed by atoms with Crippen molar-refractivity contribution in [2.24, 2.45) is 11.8 Å². The fraction of sp³-hybridized carbons (Fsp3) is 0.741. The van der Waals surface area contributed by atoms with Crippen LogP contribution in [0.3, 0.4) is 0 Å².